The van der Waals surface area contributed by atoms with Crippen molar-refractivity contribution in [3.05, 3.63) is 65.5 Å². The molecule has 0 atom stereocenters. The Labute approximate surface area is 159 Å². The fourth-order valence-electron chi connectivity index (χ4n) is 3.15. The van der Waals surface area contributed by atoms with Crippen LogP contribution in [0.3, 0.4) is 0 Å². The highest BCUT2D eigenvalue weighted by atomic mass is 16.1. The molecule has 5 heteroatoms. The lowest BCUT2D eigenvalue weighted by Gasteiger charge is -2.13. The van der Waals surface area contributed by atoms with Gasteiger partial charge in [-0.1, -0.05) is 11.6 Å². The number of carbonyl (C=O) groups excluding carboxylic acids is 2. The molecule has 0 spiro atoms. The first kappa shape index (κ1) is 18.8. The number of hydrogen-bond acceptors (Lipinski definition) is 4. The van der Waals surface area contributed by atoms with Crippen LogP contribution in [0.15, 0.2) is 54.4 Å². The van der Waals surface area contributed by atoms with Crippen LogP contribution in [0.4, 0.5) is 11.4 Å². The molecule has 1 aromatic carbocycles. The van der Waals surface area contributed by atoms with Crippen molar-refractivity contribution in [1.29, 1.82) is 0 Å². The first-order valence-electron chi connectivity index (χ1n) is 9.41. The van der Waals surface area contributed by atoms with Gasteiger partial charge in [-0.05, 0) is 69.4 Å². The van der Waals surface area contributed by atoms with Gasteiger partial charge in [0.15, 0.2) is 5.78 Å². The Bertz CT molecular complexity index is 841. The van der Waals surface area contributed by atoms with Gasteiger partial charge in [-0.15, -0.1) is 0 Å². The van der Waals surface area contributed by atoms with Gasteiger partial charge in [0.25, 0.3) is 5.91 Å². The van der Waals surface area contributed by atoms with Crippen LogP contribution in [0.25, 0.3) is 0 Å². The second kappa shape index (κ2) is 9.12. The van der Waals surface area contributed by atoms with Gasteiger partial charge in [-0.2, -0.15) is 0 Å². The van der Waals surface area contributed by atoms with E-state index >= 15 is 0 Å². The Hall–Kier alpha value is -2.95. The molecule has 1 aliphatic rings. The van der Waals surface area contributed by atoms with E-state index in [1.54, 1.807) is 36.7 Å². The minimum atomic E-state index is -0.225. The zero-order valence-corrected chi connectivity index (χ0v) is 15.6. The van der Waals surface area contributed by atoms with Crippen LogP contribution in [0, 0.1) is 0 Å². The summed E-state index contributed by atoms with van der Waals surface area (Å²) in [7, 11) is 0. The quantitative estimate of drug-likeness (QED) is 0.545. The highest BCUT2D eigenvalue weighted by molar-refractivity contribution is 6.04. The first-order valence-corrected chi connectivity index (χ1v) is 9.41. The molecule has 0 saturated heterocycles. The van der Waals surface area contributed by atoms with Crippen molar-refractivity contribution in [3.8, 4) is 0 Å². The maximum Gasteiger partial charge on any atom is 0.257 e. The van der Waals surface area contributed by atoms with Crippen molar-refractivity contribution >= 4 is 23.1 Å². The standard InChI is InChI=1S/C22H25N3O2/c1-16(26)18-7-9-20(10-8-18)25-22(27)19-13-21(15-23-14-19)24-12-11-17-5-3-2-4-6-17/h5,7-10,13-15,24H,2-4,6,11-12H2,1H3,(H,25,27). The summed E-state index contributed by atoms with van der Waals surface area (Å²) in [6.07, 6.45) is 11.6. The number of rotatable bonds is 7. The summed E-state index contributed by atoms with van der Waals surface area (Å²) in [5.74, 6) is -0.225. The second-order valence-corrected chi connectivity index (χ2v) is 6.83. The molecule has 5 nitrogen and oxygen atoms in total. The normalized spacial score (nSPS) is 13.6. The number of hydrogen-bond donors (Lipinski definition) is 2. The van der Waals surface area contributed by atoms with Gasteiger partial charge in [0.1, 0.15) is 0 Å². The van der Waals surface area contributed by atoms with Crippen LogP contribution < -0.4 is 10.6 Å². The van der Waals surface area contributed by atoms with Crippen LogP contribution >= 0.6 is 0 Å². The fourth-order valence-corrected chi connectivity index (χ4v) is 3.15. The van der Waals surface area contributed by atoms with E-state index in [1.165, 1.54) is 38.2 Å². The number of anilines is 2. The molecule has 2 N–H and O–H groups in total. The molecule has 0 bridgehead atoms. The van der Waals surface area contributed by atoms with Crippen molar-refractivity contribution < 1.29 is 9.59 Å². The van der Waals surface area contributed by atoms with E-state index in [1.807, 2.05) is 6.07 Å². The number of benzene rings is 1. The summed E-state index contributed by atoms with van der Waals surface area (Å²) in [6, 6.07) is 8.66. The molecule has 3 rings (SSSR count). The molecule has 0 radical (unpaired) electrons. The minimum absolute atomic E-state index is 0.000146. The van der Waals surface area contributed by atoms with Crippen molar-refractivity contribution in [3.63, 3.8) is 0 Å². The number of allylic oxidation sites excluding steroid dienone is 1. The third-order valence-corrected chi connectivity index (χ3v) is 4.71. The van der Waals surface area contributed by atoms with Crippen LogP contribution in [0.5, 0.6) is 0 Å². The zero-order chi connectivity index (χ0) is 19.1. The van der Waals surface area contributed by atoms with Crippen molar-refractivity contribution in [2.24, 2.45) is 0 Å². The Kier molecular flexibility index (Phi) is 6.36. The SMILES string of the molecule is CC(=O)c1ccc(NC(=O)c2cncc(NCCC3=CCCCC3)c2)cc1. The first-order chi connectivity index (χ1) is 13.1. The summed E-state index contributed by atoms with van der Waals surface area (Å²) < 4.78 is 0. The lowest BCUT2D eigenvalue weighted by molar-refractivity contribution is 0.101. The van der Waals surface area contributed by atoms with E-state index in [0.29, 0.717) is 16.8 Å². The van der Waals surface area contributed by atoms with E-state index in [0.717, 1.165) is 18.7 Å². The largest absolute Gasteiger partial charge is 0.383 e. The average Bonchev–Trinajstić information content (AvgIpc) is 2.69. The Morgan fingerprint density at radius 1 is 1.04 bits per heavy atom. The van der Waals surface area contributed by atoms with Gasteiger partial charge < -0.3 is 10.6 Å². The maximum absolute atomic E-state index is 12.5. The molecule has 0 unspecified atom stereocenters. The van der Waals surface area contributed by atoms with Gasteiger partial charge in [-0.3, -0.25) is 14.6 Å². The average molecular weight is 363 g/mol. The molecule has 2 aromatic rings. The molecular weight excluding hydrogens is 338 g/mol. The molecular formula is C22H25N3O2. The number of nitrogens with zero attached hydrogens (tertiary/aromatic N) is 1. The van der Waals surface area contributed by atoms with Crippen molar-refractivity contribution in [2.45, 2.75) is 39.0 Å². The smallest absolute Gasteiger partial charge is 0.257 e. The number of nitrogens with one attached hydrogen (secondary N) is 2. The number of aromatic nitrogens is 1. The molecule has 0 aliphatic heterocycles. The predicted octanol–water partition coefficient (Wildman–Crippen LogP) is 4.84. The lowest BCUT2D eigenvalue weighted by atomic mass is 9.97. The number of pyridine rings is 1. The van der Waals surface area contributed by atoms with Crippen molar-refractivity contribution in [1.82, 2.24) is 4.98 Å². The van der Waals surface area contributed by atoms with Gasteiger partial charge in [-0.25, -0.2) is 0 Å². The van der Waals surface area contributed by atoms with E-state index in [2.05, 4.69) is 21.7 Å². The molecule has 1 aliphatic carbocycles. The van der Waals surface area contributed by atoms with Crippen molar-refractivity contribution in [2.75, 3.05) is 17.2 Å². The molecule has 1 aromatic heterocycles. The highest BCUT2D eigenvalue weighted by Crippen LogP contribution is 2.20. The van der Waals surface area contributed by atoms with Crippen LogP contribution in [-0.2, 0) is 0 Å². The summed E-state index contributed by atoms with van der Waals surface area (Å²) in [5.41, 5.74) is 4.12. The molecule has 0 saturated carbocycles. The monoisotopic (exact) mass is 363 g/mol. The van der Waals surface area contributed by atoms with E-state index in [9.17, 15) is 9.59 Å². The predicted molar refractivity (Wildman–Crippen MR) is 108 cm³/mol. The topological polar surface area (TPSA) is 71.1 Å². The third-order valence-electron chi connectivity index (χ3n) is 4.71. The Balaban J connectivity index is 1.56. The summed E-state index contributed by atoms with van der Waals surface area (Å²) in [6.45, 7) is 2.35. The number of amides is 1. The van der Waals surface area contributed by atoms with Crippen LogP contribution in [0.2, 0.25) is 0 Å². The third kappa shape index (κ3) is 5.51. The maximum atomic E-state index is 12.5. The fraction of sp³-hybridized carbons (Fsp3) is 0.318. The molecule has 0 fully saturated rings. The van der Waals surface area contributed by atoms with Gasteiger partial charge in [0.05, 0.1) is 11.3 Å². The molecule has 1 amide bonds. The molecule has 27 heavy (non-hydrogen) atoms. The van der Waals surface area contributed by atoms with E-state index in [-0.39, 0.29) is 11.7 Å². The molecule has 140 valence electrons. The Morgan fingerprint density at radius 3 is 2.56 bits per heavy atom. The molecule has 1 heterocycles. The zero-order valence-electron chi connectivity index (χ0n) is 15.6. The van der Waals surface area contributed by atoms with Gasteiger partial charge in [0, 0.05) is 30.2 Å². The second-order valence-electron chi connectivity index (χ2n) is 6.83. The minimum Gasteiger partial charge on any atom is -0.383 e. The van der Waals surface area contributed by atoms with Crippen LogP contribution in [0.1, 0.15) is 59.7 Å². The summed E-state index contributed by atoms with van der Waals surface area (Å²) in [5, 5.41) is 6.18. The van der Waals surface area contributed by atoms with Crippen LogP contribution in [-0.4, -0.2) is 23.2 Å². The van der Waals surface area contributed by atoms with E-state index < -0.39 is 0 Å². The summed E-state index contributed by atoms with van der Waals surface area (Å²) >= 11 is 0. The Morgan fingerprint density at radius 2 is 1.85 bits per heavy atom. The lowest BCUT2D eigenvalue weighted by Crippen LogP contribution is -2.13. The summed E-state index contributed by atoms with van der Waals surface area (Å²) in [4.78, 5) is 27.9. The van der Waals surface area contributed by atoms with E-state index in [4.69, 9.17) is 0 Å². The van der Waals surface area contributed by atoms with Gasteiger partial charge >= 0.3 is 0 Å². The number of carbonyl (C=O) groups is 2. The number of Topliss-reactive ketones (excluding diaryl/α,β-unsaturated/α-hetero) is 1. The van der Waals surface area contributed by atoms with Gasteiger partial charge in [0.2, 0.25) is 0 Å². The highest BCUT2D eigenvalue weighted by Gasteiger charge is 2.09. The number of ketones is 1.